The van der Waals surface area contributed by atoms with Crippen LogP contribution >= 0.6 is 0 Å². The van der Waals surface area contributed by atoms with Crippen LogP contribution in [0, 0.1) is 0 Å². The summed E-state index contributed by atoms with van der Waals surface area (Å²) in [5.74, 6) is 0.611. The van der Waals surface area contributed by atoms with E-state index in [1.165, 1.54) is 0 Å². The third-order valence-corrected chi connectivity index (χ3v) is 9.23. The molecule has 0 amide bonds. The lowest BCUT2D eigenvalue weighted by molar-refractivity contribution is 0.0815. The summed E-state index contributed by atoms with van der Waals surface area (Å²) in [6.45, 7) is 11.2. The zero-order chi connectivity index (χ0) is 15.0. The van der Waals surface area contributed by atoms with Crippen LogP contribution in [0.4, 0.5) is 0 Å². The van der Waals surface area contributed by atoms with Crippen molar-refractivity contribution in [1.29, 1.82) is 0 Å². The lowest BCUT2D eigenvalue weighted by Crippen LogP contribution is -2.43. The molecule has 2 rings (SSSR count). The van der Waals surface area contributed by atoms with E-state index in [-0.39, 0.29) is 5.04 Å². The molecule has 1 saturated heterocycles. The van der Waals surface area contributed by atoms with E-state index in [0.717, 1.165) is 0 Å². The summed E-state index contributed by atoms with van der Waals surface area (Å²) in [4.78, 5) is 0. The molecule has 0 aromatic carbocycles. The van der Waals surface area contributed by atoms with Gasteiger partial charge in [-0.2, -0.15) is 4.21 Å². The second-order valence-electron chi connectivity index (χ2n) is 6.44. The van der Waals surface area contributed by atoms with Gasteiger partial charge in [-0.05, 0) is 30.3 Å². The van der Waals surface area contributed by atoms with Crippen LogP contribution in [0.2, 0.25) is 18.1 Å². The summed E-state index contributed by atoms with van der Waals surface area (Å²) in [6, 6.07) is 3.56. The van der Waals surface area contributed by atoms with E-state index in [1.807, 2.05) is 0 Å². The van der Waals surface area contributed by atoms with Gasteiger partial charge in [0.1, 0.15) is 11.9 Å². The van der Waals surface area contributed by atoms with Crippen molar-refractivity contribution in [2.45, 2.75) is 51.1 Å². The average molecular weight is 318 g/mol. The van der Waals surface area contributed by atoms with Gasteiger partial charge in [0.05, 0.1) is 12.9 Å². The Labute approximate surface area is 123 Å². The zero-order valence-electron chi connectivity index (χ0n) is 12.5. The molecule has 3 atom stereocenters. The smallest absolute Gasteiger partial charge is 0.305 e. The standard InChI is InChI=1S/C13H22O5SSi/c1-13(2,3)20(4,5)16-9-11-12(18-19(14)17-11)10-7-6-8-15-10/h6-8,11-12H,9H2,1-5H3/t11-,12-,19?/m1/s1. The molecule has 0 bridgehead atoms. The molecule has 7 heteroatoms. The maximum Gasteiger partial charge on any atom is 0.305 e. The molecule has 0 spiro atoms. The van der Waals surface area contributed by atoms with Crippen molar-refractivity contribution in [2.24, 2.45) is 0 Å². The average Bonchev–Trinajstić information content (AvgIpc) is 2.93. The first-order valence-electron chi connectivity index (χ1n) is 6.64. The van der Waals surface area contributed by atoms with Crippen LogP contribution in [0.25, 0.3) is 0 Å². The fourth-order valence-electron chi connectivity index (χ4n) is 1.63. The van der Waals surface area contributed by atoms with E-state index in [9.17, 15) is 4.21 Å². The molecule has 0 radical (unpaired) electrons. The maximum atomic E-state index is 11.5. The van der Waals surface area contributed by atoms with Crippen LogP contribution in [-0.4, -0.2) is 25.2 Å². The van der Waals surface area contributed by atoms with Gasteiger partial charge < -0.3 is 8.84 Å². The van der Waals surface area contributed by atoms with E-state index in [1.54, 1.807) is 18.4 Å². The van der Waals surface area contributed by atoms with E-state index in [0.29, 0.717) is 12.4 Å². The largest absolute Gasteiger partial charge is 0.466 e. The predicted molar refractivity (Wildman–Crippen MR) is 78.7 cm³/mol. The monoisotopic (exact) mass is 318 g/mol. The lowest BCUT2D eigenvalue weighted by Gasteiger charge is -2.36. The van der Waals surface area contributed by atoms with Crippen molar-refractivity contribution in [1.82, 2.24) is 0 Å². The fourth-order valence-corrected chi connectivity index (χ4v) is 3.43. The van der Waals surface area contributed by atoms with Crippen LogP contribution < -0.4 is 0 Å². The van der Waals surface area contributed by atoms with Crippen LogP contribution in [0.3, 0.4) is 0 Å². The molecule has 114 valence electrons. The molecule has 20 heavy (non-hydrogen) atoms. The number of furan rings is 1. The van der Waals surface area contributed by atoms with Crippen LogP contribution in [0.1, 0.15) is 32.6 Å². The summed E-state index contributed by atoms with van der Waals surface area (Å²) >= 11 is -1.74. The molecule has 0 N–H and O–H groups in total. The molecule has 0 saturated carbocycles. The Morgan fingerprint density at radius 3 is 2.60 bits per heavy atom. The van der Waals surface area contributed by atoms with Gasteiger partial charge in [0, 0.05) is 0 Å². The highest BCUT2D eigenvalue weighted by atomic mass is 32.2. The minimum atomic E-state index is -1.87. The van der Waals surface area contributed by atoms with Gasteiger partial charge in [0.2, 0.25) is 0 Å². The molecular formula is C13H22O5SSi. The first kappa shape index (κ1) is 15.9. The third-order valence-electron chi connectivity index (χ3n) is 3.96. The molecule has 5 nitrogen and oxygen atoms in total. The van der Waals surface area contributed by atoms with Gasteiger partial charge in [-0.3, -0.25) is 8.37 Å². The fraction of sp³-hybridized carbons (Fsp3) is 0.692. The van der Waals surface area contributed by atoms with Crippen LogP contribution in [0.15, 0.2) is 22.8 Å². The SMILES string of the molecule is CC(C)(C)[Si](C)(C)OC[C@H]1OS(=O)O[C@@H]1c1ccco1. The second kappa shape index (κ2) is 5.73. The van der Waals surface area contributed by atoms with Crippen molar-refractivity contribution in [3.63, 3.8) is 0 Å². The minimum Gasteiger partial charge on any atom is -0.466 e. The van der Waals surface area contributed by atoms with Crippen LogP contribution in [0.5, 0.6) is 0 Å². The predicted octanol–water partition coefficient (Wildman–Crippen LogP) is 3.34. The molecule has 1 fully saturated rings. The summed E-state index contributed by atoms with van der Waals surface area (Å²) in [5.41, 5.74) is 0. The third kappa shape index (κ3) is 3.40. The van der Waals surface area contributed by atoms with Crippen molar-refractivity contribution in [3.05, 3.63) is 24.2 Å². The maximum absolute atomic E-state index is 11.5. The molecule has 1 unspecified atom stereocenters. The minimum absolute atomic E-state index is 0.117. The number of hydrogen-bond acceptors (Lipinski definition) is 5. The zero-order valence-corrected chi connectivity index (χ0v) is 14.4. The normalized spacial score (nSPS) is 27.9. The topological polar surface area (TPSA) is 57.9 Å². The van der Waals surface area contributed by atoms with Gasteiger partial charge in [0.15, 0.2) is 14.4 Å². The number of hydrogen-bond donors (Lipinski definition) is 0. The molecule has 0 aliphatic carbocycles. The first-order valence-corrected chi connectivity index (χ1v) is 10.5. The lowest BCUT2D eigenvalue weighted by atomic mass is 10.2. The summed E-state index contributed by atoms with van der Waals surface area (Å²) < 4.78 is 33.4. The Bertz CT molecular complexity index is 466. The van der Waals surface area contributed by atoms with E-state index < -0.39 is 31.9 Å². The molecule has 2 heterocycles. The number of rotatable bonds is 4. The Kier molecular flexibility index (Phi) is 4.55. The summed E-state index contributed by atoms with van der Waals surface area (Å²) in [7, 11) is -1.87. The highest BCUT2D eigenvalue weighted by Gasteiger charge is 2.42. The van der Waals surface area contributed by atoms with Crippen molar-refractivity contribution in [3.8, 4) is 0 Å². The second-order valence-corrected chi connectivity index (χ2v) is 12.0. The van der Waals surface area contributed by atoms with Gasteiger partial charge in [-0.25, -0.2) is 0 Å². The van der Waals surface area contributed by atoms with E-state index in [4.69, 9.17) is 17.2 Å². The van der Waals surface area contributed by atoms with Gasteiger partial charge in [0.25, 0.3) is 0 Å². The van der Waals surface area contributed by atoms with Gasteiger partial charge in [-0.1, -0.05) is 20.8 Å². The molecule has 1 aromatic rings. The summed E-state index contributed by atoms with van der Waals surface area (Å²) in [5, 5.41) is 0.117. The Morgan fingerprint density at radius 2 is 2.05 bits per heavy atom. The van der Waals surface area contributed by atoms with Crippen molar-refractivity contribution >= 4 is 19.7 Å². The molecule has 1 aromatic heterocycles. The molecule has 1 aliphatic rings. The Hall–Kier alpha value is -0.473. The van der Waals surface area contributed by atoms with Crippen molar-refractivity contribution < 1.29 is 21.4 Å². The highest BCUT2D eigenvalue weighted by molar-refractivity contribution is 7.75. The Morgan fingerprint density at radius 1 is 1.35 bits per heavy atom. The van der Waals surface area contributed by atoms with E-state index >= 15 is 0 Å². The quantitative estimate of drug-likeness (QED) is 0.797. The molecular weight excluding hydrogens is 296 g/mol. The van der Waals surface area contributed by atoms with Crippen molar-refractivity contribution in [2.75, 3.05) is 6.61 Å². The highest BCUT2D eigenvalue weighted by Crippen LogP contribution is 2.38. The molecule has 1 aliphatic heterocycles. The summed E-state index contributed by atoms with van der Waals surface area (Å²) in [6.07, 6.45) is 0.679. The first-order chi connectivity index (χ1) is 9.21. The van der Waals surface area contributed by atoms with Gasteiger partial charge >= 0.3 is 11.4 Å². The van der Waals surface area contributed by atoms with Gasteiger partial charge in [-0.15, -0.1) is 0 Å². The Balaban J connectivity index is 2.03. The van der Waals surface area contributed by atoms with Crippen LogP contribution in [-0.2, 0) is 24.2 Å². The van der Waals surface area contributed by atoms with E-state index in [2.05, 4.69) is 33.9 Å².